The lowest BCUT2D eigenvalue weighted by Crippen LogP contribution is -2.04. The molecule has 0 amide bonds. The highest BCUT2D eigenvalue weighted by atomic mass is 32.1. The Bertz CT molecular complexity index is 257. The molecule has 0 radical (unpaired) electrons. The number of rotatable bonds is 2. The molecule has 1 aromatic rings. The number of carbonyl (C=O) groups excluding carboxylic acids is 1. The molecule has 1 rings (SSSR count). The molecule has 0 atom stereocenters. The Labute approximate surface area is 68.8 Å². The SMILES string of the molecule is COC(=O)Cc1cscc1N. The first-order chi connectivity index (χ1) is 5.24. The van der Waals surface area contributed by atoms with Crippen molar-refractivity contribution in [2.45, 2.75) is 6.42 Å². The van der Waals surface area contributed by atoms with E-state index in [9.17, 15) is 4.79 Å². The van der Waals surface area contributed by atoms with Crippen molar-refractivity contribution in [1.82, 2.24) is 0 Å². The van der Waals surface area contributed by atoms with Crippen molar-refractivity contribution < 1.29 is 9.53 Å². The molecule has 0 fully saturated rings. The maximum Gasteiger partial charge on any atom is 0.310 e. The molecule has 0 spiro atoms. The van der Waals surface area contributed by atoms with Crippen LogP contribution in [0.4, 0.5) is 5.69 Å². The number of hydrogen-bond acceptors (Lipinski definition) is 4. The van der Waals surface area contributed by atoms with Gasteiger partial charge in [-0.2, -0.15) is 0 Å². The van der Waals surface area contributed by atoms with E-state index in [1.165, 1.54) is 18.4 Å². The smallest absolute Gasteiger partial charge is 0.310 e. The van der Waals surface area contributed by atoms with Crippen molar-refractivity contribution in [1.29, 1.82) is 0 Å². The predicted octanol–water partition coefficient (Wildman–Crippen LogP) is 1.05. The summed E-state index contributed by atoms with van der Waals surface area (Å²) in [4.78, 5) is 10.8. The number of methoxy groups -OCH3 is 1. The van der Waals surface area contributed by atoms with Crippen LogP contribution in [-0.4, -0.2) is 13.1 Å². The Morgan fingerprint density at radius 2 is 2.45 bits per heavy atom. The minimum Gasteiger partial charge on any atom is -0.469 e. The van der Waals surface area contributed by atoms with Crippen LogP contribution in [0.3, 0.4) is 0 Å². The van der Waals surface area contributed by atoms with Gasteiger partial charge in [-0.3, -0.25) is 4.79 Å². The van der Waals surface area contributed by atoms with Gasteiger partial charge in [-0.25, -0.2) is 0 Å². The predicted molar refractivity (Wildman–Crippen MR) is 44.5 cm³/mol. The van der Waals surface area contributed by atoms with Crippen LogP contribution >= 0.6 is 11.3 Å². The van der Waals surface area contributed by atoms with Crippen molar-refractivity contribution in [3.05, 3.63) is 16.3 Å². The van der Waals surface area contributed by atoms with Gasteiger partial charge in [0.1, 0.15) is 0 Å². The molecule has 0 saturated carbocycles. The summed E-state index contributed by atoms with van der Waals surface area (Å²) in [6, 6.07) is 0. The van der Waals surface area contributed by atoms with Crippen LogP contribution in [0.25, 0.3) is 0 Å². The Kier molecular flexibility index (Phi) is 2.48. The molecule has 4 heteroatoms. The Morgan fingerprint density at radius 3 is 2.91 bits per heavy atom. The Balaban J connectivity index is 2.64. The van der Waals surface area contributed by atoms with Crippen LogP contribution in [0.5, 0.6) is 0 Å². The molecule has 0 saturated heterocycles. The summed E-state index contributed by atoms with van der Waals surface area (Å²) >= 11 is 1.49. The molecular formula is C7H9NO2S. The molecule has 0 aliphatic heterocycles. The fourth-order valence-electron chi connectivity index (χ4n) is 0.705. The lowest BCUT2D eigenvalue weighted by molar-refractivity contribution is -0.139. The number of ether oxygens (including phenoxy) is 1. The number of hydrogen-bond donors (Lipinski definition) is 1. The van der Waals surface area contributed by atoms with Gasteiger partial charge in [-0.05, 0) is 10.9 Å². The quantitative estimate of drug-likeness (QED) is 0.676. The second kappa shape index (κ2) is 3.39. The summed E-state index contributed by atoms with van der Waals surface area (Å²) in [6.45, 7) is 0. The largest absolute Gasteiger partial charge is 0.469 e. The third-order valence-corrected chi connectivity index (χ3v) is 2.15. The van der Waals surface area contributed by atoms with E-state index in [0.29, 0.717) is 5.69 Å². The molecule has 1 aromatic heterocycles. The molecule has 0 aliphatic rings. The lowest BCUT2D eigenvalue weighted by atomic mass is 10.2. The summed E-state index contributed by atoms with van der Waals surface area (Å²) < 4.78 is 4.49. The molecule has 11 heavy (non-hydrogen) atoms. The number of thiophene rings is 1. The fourth-order valence-corrected chi connectivity index (χ4v) is 1.45. The number of nitrogens with two attached hydrogens (primary N) is 1. The first kappa shape index (κ1) is 8.07. The monoisotopic (exact) mass is 171 g/mol. The third kappa shape index (κ3) is 1.94. The van der Waals surface area contributed by atoms with Gasteiger partial charge in [-0.1, -0.05) is 0 Å². The van der Waals surface area contributed by atoms with Gasteiger partial charge < -0.3 is 10.5 Å². The van der Waals surface area contributed by atoms with Crippen LogP contribution in [-0.2, 0) is 16.0 Å². The normalized spacial score (nSPS) is 9.55. The van der Waals surface area contributed by atoms with Crippen molar-refractivity contribution in [3.8, 4) is 0 Å². The summed E-state index contributed by atoms with van der Waals surface area (Å²) in [5.74, 6) is -0.255. The van der Waals surface area contributed by atoms with Gasteiger partial charge in [0.15, 0.2) is 0 Å². The van der Waals surface area contributed by atoms with Crippen molar-refractivity contribution in [2.24, 2.45) is 0 Å². The van der Waals surface area contributed by atoms with Gasteiger partial charge in [0.2, 0.25) is 0 Å². The van der Waals surface area contributed by atoms with Crippen LogP contribution in [0, 0.1) is 0 Å². The molecule has 2 N–H and O–H groups in total. The van der Waals surface area contributed by atoms with Crippen LogP contribution in [0.2, 0.25) is 0 Å². The van der Waals surface area contributed by atoms with E-state index in [1.807, 2.05) is 5.38 Å². The Morgan fingerprint density at radius 1 is 1.73 bits per heavy atom. The highest BCUT2D eigenvalue weighted by Gasteiger charge is 2.05. The van der Waals surface area contributed by atoms with E-state index < -0.39 is 0 Å². The summed E-state index contributed by atoms with van der Waals surface area (Å²) in [6.07, 6.45) is 0.270. The zero-order valence-corrected chi connectivity index (χ0v) is 6.98. The second-order valence-electron chi connectivity index (χ2n) is 2.11. The van der Waals surface area contributed by atoms with Crippen LogP contribution in [0.15, 0.2) is 10.8 Å². The first-order valence-corrected chi connectivity index (χ1v) is 4.05. The zero-order chi connectivity index (χ0) is 8.27. The second-order valence-corrected chi connectivity index (χ2v) is 2.85. The lowest BCUT2D eigenvalue weighted by Gasteiger charge is -1.96. The Hall–Kier alpha value is -1.03. The third-order valence-electron chi connectivity index (χ3n) is 1.34. The molecule has 0 unspecified atom stereocenters. The van der Waals surface area contributed by atoms with Gasteiger partial charge in [0, 0.05) is 11.1 Å². The number of anilines is 1. The summed E-state index contributed by atoms with van der Waals surface area (Å²) in [5, 5.41) is 3.66. The van der Waals surface area contributed by atoms with Crippen molar-refractivity contribution >= 4 is 23.0 Å². The number of esters is 1. The maximum atomic E-state index is 10.8. The fraction of sp³-hybridized carbons (Fsp3) is 0.286. The van der Waals surface area contributed by atoms with Crippen LogP contribution < -0.4 is 5.73 Å². The van der Waals surface area contributed by atoms with Crippen molar-refractivity contribution in [3.63, 3.8) is 0 Å². The topological polar surface area (TPSA) is 52.3 Å². The molecule has 60 valence electrons. The molecular weight excluding hydrogens is 162 g/mol. The van der Waals surface area contributed by atoms with Gasteiger partial charge in [0.05, 0.1) is 13.5 Å². The zero-order valence-electron chi connectivity index (χ0n) is 6.16. The maximum absolute atomic E-state index is 10.8. The highest BCUT2D eigenvalue weighted by molar-refractivity contribution is 7.08. The average molecular weight is 171 g/mol. The number of nitrogen functional groups attached to an aromatic ring is 1. The molecule has 1 heterocycles. The van der Waals surface area contributed by atoms with Crippen LogP contribution in [0.1, 0.15) is 5.56 Å². The highest BCUT2D eigenvalue weighted by Crippen LogP contribution is 2.17. The van der Waals surface area contributed by atoms with E-state index in [-0.39, 0.29) is 12.4 Å². The molecule has 0 aliphatic carbocycles. The molecule has 0 aromatic carbocycles. The van der Waals surface area contributed by atoms with Gasteiger partial charge in [0.25, 0.3) is 0 Å². The number of carbonyl (C=O) groups is 1. The average Bonchev–Trinajstić information content (AvgIpc) is 2.37. The van der Waals surface area contributed by atoms with E-state index in [2.05, 4.69) is 4.74 Å². The van der Waals surface area contributed by atoms with E-state index in [1.54, 1.807) is 5.38 Å². The van der Waals surface area contributed by atoms with Crippen molar-refractivity contribution in [2.75, 3.05) is 12.8 Å². The summed E-state index contributed by atoms with van der Waals surface area (Å²) in [7, 11) is 1.37. The minimum absolute atomic E-state index is 0.255. The van der Waals surface area contributed by atoms with E-state index in [0.717, 1.165) is 5.56 Å². The molecule has 3 nitrogen and oxygen atoms in total. The minimum atomic E-state index is -0.255. The first-order valence-electron chi connectivity index (χ1n) is 3.11. The standard InChI is InChI=1S/C7H9NO2S/c1-10-7(9)2-5-3-11-4-6(5)8/h3-4H,2,8H2,1H3. The van der Waals surface area contributed by atoms with Gasteiger partial charge in [-0.15, -0.1) is 11.3 Å². The van der Waals surface area contributed by atoms with E-state index in [4.69, 9.17) is 5.73 Å². The van der Waals surface area contributed by atoms with Gasteiger partial charge >= 0.3 is 5.97 Å². The van der Waals surface area contributed by atoms with E-state index >= 15 is 0 Å². The summed E-state index contributed by atoms with van der Waals surface area (Å²) in [5.41, 5.74) is 7.06. The molecule has 0 bridgehead atoms.